The molecule has 0 amide bonds. The van der Waals surface area contributed by atoms with Crippen LogP contribution in [-0.2, 0) is 6.42 Å². The highest BCUT2D eigenvalue weighted by atomic mass is 79.9. The SMILES string of the molecule is COc1nc(N)nc(CC(N=Nc2ccc(Br)cc2)C2CC2)n1. The van der Waals surface area contributed by atoms with Gasteiger partial charge in [0.1, 0.15) is 5.82 Å². The van der Waals surface area contributed by atoms with Gasteiger partial charge in [0.25, 0.3) is 0 Å². The number of hydrogen-bond acceptors (Lipinski definition) is 7. The van der Waals surface area contributed by atoms with Crippen molar-refractivity contribution >= 4 is 27.6 Å². The third-order valence-electron chi connectivity index (χ3n) is 3.57. The molecular formula is C15H17BrN6O. The van der Waals surface area contributed by atoms with E-state index in [4.69, 9.17) is 10.5 Å². The molecule has 23 heavy (non-hydrogen) atoms. The van der Waals surface area contributed by atoms with Crippen LogP contribution in [0.4, 0.5) is 11.6 Å². The molecule has 0 bridgehead atoms. The topological polar surface area (TPSA) is 98.6 Å². The minimum absolute atomic E-state index is 0.0464. The van der Waals surface area contributed by atoms with Gasteiger partial charge in [0.05, 0.1) is 18.8 Å². The lowest BCUT2D eigenvalue weighted by atomic mass is 10.1. The quantitative estimate of drug-likeness (QED) is 0.779. The number of nitrogens with zero attached hydrogens (tertiary/aromatic N) is 5. The molecule has 2 aromatic rings. The number of rotatable bonds is 6. The van der Waals surface area contributed by atoms with E-state index < -0.39 is 0 Å². The van der Waals surface area contributed by atoms with Crippen molar-refractivity contribution in [3.63, 3.8) is 0 Å². The summed E-state index contributed by atoms with van der Waals surface area (Å²) in [6.07, 6.45) is 2.89. The maximum atomic E-state index is 5.68. The number of benzene rings is 1. The van der Waals surface area contributed by atoms with Crippen molar-refractivity contribution in [2.24, 2.45) is 16.1 Å². The fraction of sp³-hybridized carbons (Fsp3) is 0.400. The number of nitrogens with two attached hydrogens (primary N) is 1. The van der Waals surface area contributed by atoms with Gasteiger partial charge in [-0.05, 0) is 43.0 Å². The van der Waals surface area contributed by atoms with Gasteiger partial charge in [-0.1, -0.05) is 15.9 Å². The van der Waals surface area contributed by atoms with E-state index in [0.717, 1.165) is 23.0 Å². The number of halogens is 1. The van der Waals surface area contributed by atoms with Crippen LogP contribution < -0.4 is 10.5 Å². The summed E-state index contributed by atoms with van der Waals surface area (Å²) in [5.41, 5.74) is 6.51. The van der Waals surface area contributed by atoms with Gasteiger partial charge in [0.15, 0.2) is 0 Å². The summed E-state index contributed by atoms with van der Waals surface area (Å²) in [7, 11) is 1.50. The molecule has 7 nitrogen and oxygen atoms in total. The number of azo groups is 1. The highest BCUT2D eigenvalue weighted by Gasteiger charge is 2.32. The van der Waals surface area contributed by atoms with Gasteiger partial charge < -0.3 is 10.5 Å². The number of ether oxygens (including phenoxy) is 1. The minimum atomic E-state index is 0.0464. The van der Waals surface area contributed by atoms with E-state index in [2.05, 4.69) is 41.1 Å². The van der Waals surface area contributed by atoms with E-state index in [9.17, 15) is 0 Å². The summed E-state index contributed by atoms with van der Waals surface area (Å²) in [5, 5.41) is 8.83. The lowest BCUT2D eigenvalue weighted by Crippen LogP contribution is -2.15. The summed E-state index contributed by atoms with van der Waals surface area (Å²) in [6, 6.07) is 8.00. The molecule has 1 aliphatic rings. The Labute approximate surface area is 142 Å². The molecule has 2 N–H and O–H groups in total. The maximum Gasteiger partial charge on any atom is 0.321 e. The predicted molar refractivity (Wildman–Crippen MR) is 89.7 cm³/mol. The Bertz CT molecular complexity index is 702. The van der Waals surface area contributed by atoms with E-state index in [1.54, 1.807) is 0 Å². The molecule has 0 radical (unpaired) electrons. The van der Waals surface area contributed by atoms with E-state index in [-0.39, 0.29) is 18.0 Å². The van der Waals surface area contributed by atoms with Crippen molar-refractivity contribution < 1.29 is 4.74 Å². The Balaban J connectivity index is 1.74. The number of hydrogen-bond donors (Lipinski definition) is 1. The first kappa shape index (κ1) is 15.8. The largest absolute Gasteiger partial charge is 0.467 e. The van der Waals surface area contributed by atoms with Crippen LogP contribution in [0.2, 0.25) is 0 Å². The molecule has 1 saturated carbocycles. The molecule has 0 saturated heterocycles. The minimum Gasteiger partial charge on any atom is -0.467 e. The highest BCUT2D eigenvalue weighted by molar-refractivity contribution is 9.10. The molecular weight excluding hydrogens is 360 g/mol. The summed E-state index contributed by atoms with van der Waals surface area (Å²) < 4.78 is 6.05. The zero-order valence-corrected chi connectivity index (χ0v) is 14.3. The van der Waals surface area contributed by atoms with Gasteiger partial charge >= 0.3 is 6.01 Å². The van der Waals surface area contributed by atoms with Crippen molar-refractivity contribution in [2.45, 2.75) is 25.3 Å². The Morgan fingerprint density at radius 3 is 2.65 bits per heavy atom. The van der Waals surface area contributed by atoms with Crippen LogP contribution >= 0.6 is 15.9 Å². The van der Waals surface area contributed by atoms with Gasteiger partial charge in [-0.3, -0.25) is 0 Å². The molecule has 0 aliphatic heterocycles. The summed E-state index contributed by atoms with van der Waals surface area (Å²) in [6.45, 7) is 0. The average Bonchev–Trinajstić information content (AvgIpc) is 3.37. The fourth-order valence-electron chi connectivity index (χ4n) is 2.22. The van der Waals surface area contributed by atoms with Crippen LogP contribution in [0.15, 0.2) is 39.0 Å². The highest BCUT2D eigenvalue weighted by Crippen LogP contribution is 2.36. The van der Waals surface area contributed by atoms with E-state index in [0.29, 0.717) is 18.2 Å². The number of aromatic nitrogens is 3. The first-order chi connectivity index (χ1) is 11.1. The zero-order chi connectivity index (χ0) is 16.2. The lowest BCUT2D eigenvalue weighted by Gasteiger charge is -2.09. The normalized spacial score (nSPS) is 15.7. The van der Waals surface area contributed by atoms with E-state index in [1.165, 1.54) is 7.11 Å². The van der Waals surface area contributed by atoms with Crippen LogP contribution in [0.1, 0.15) is 18.7 Å². The van der Waals surface area contributed by atoms with Gasteiger partial charge in [-0.15, -0.1) is 0 Å². The molecule has 1 aromatic heterocycles. The summed E-state index contributed by atoms with van der Waals surface area (Å²) in [5.74, 6) is 1.27. The maximum absolute atomic E-state index is 5.68. The Hall–Kier alpha value is -2.09. The van der Waals surface area contributed by atoms with Crippen molar-refractivity contribution in [2.75, 3.05) is 12.8 Å². The standard InChI is InChI=1S/C15H17BrN6O/c1-23-15-19-13(18-14(17)20-15)8-12(9-2-3-9)22-21-11-6-4-10(16)5-7-11/h4-7,9,12H,2-3,8H2,1H3,(H2,17,18,19,20). The summed E-state index contributed by atoms with van der Waals surface area (Å²) in [4.78, 5) is 12.3. The molecule has 3 rings (SSSR count). The third kappa shape index (κ3) is 4.44. The third-order valence-corrected chi connectivity index (χ3v) is 4.10. The molecule has 1 unspecified atom stereocenters. The van der Waals surface area contributed by atoms with Gasteiger partial charge in [0.2, 0.25) is 5.95 Å². The smallest absolute Gasteiger partial charge is 0.321 e. The second kappa shape index (κ2) is 6.99. The average molecular weight is 377 g/mol. The Morgan fingerprint density at radius 2 is 2.00 bits per heavy atom. The first-order valence-corrected chi connectivity index (χ1v) is 8.14. The van der Waals surface area contributed by atoms with E-state index >= 15 is 0 Å². The Morgan fingerprint density at radius 1 is 1.26 bits per heavy atom. The van der Waals surface area contributed by atoms with Crippen molar-refractivity contribution in [1.29, 1.82) is 0 Å². The molecule has 1 heterocycles. The fourth-order valence-corrected chi connectivity index (χ4v) is 2.48. The molecule has 1 aromatic carbocycles. The molecule has 120 valence electrons. The van der Waals surface area contributed by atoms with Crippen LogP contribution in [0.3, 0.4) is 0 Å². The van der Waals surface area contributed by atoms with Crippen molar-refractivity contribution in [1.82, 2.24) is 15.0 Å². The number of anilines is 1. The molecule has 1 fully saturated rings. The number of nitrogen functional groups attached to an aromatic ring is 1. The monoisotopic (exact) mass is 376 g/mol. The van der Waals surface area contributed by atoms with Gasteiger partial charge in [0, 0.05) is 10.9 Å². The Kier molecular flexibility index (Phi) is 4.80. The zero-order valence-electron chi connectivity index (χ0n) is 12.7. The van der Waals surface area contributed by atoms with Crippen LogP contribution in [0, 0.1) is 5.92 Å². The second-order valence-electron chi connectivity index (χ2n) is 5.40. The lowest BCUT2D eigenvalue weighted by molar-refractivity contribution is 0.375. The molecule has 1 aliphatic carbocycles. The predicted octanol–water partition coefficient (Wildman–Crippen LogP) is 3.33. The van der Waals surface area contributed by atoms with Crippen LogP contribution in [-0.4, -0.2) is 28.1 Å². The van der Waals surface area contributed by atoms with Gasteiger partial charge in [-0.25, -0.2) is 0 Å². The number of methoxy groups -OCH3 is 1. The van der Waals surface area contributed by atoms with Crippen molar-refractivity contribution in [3.8, 4) is 6.01 Å². The molecule has 8 heteroatoms. The summed E-state index contributed by atoms with van der Waals surface area (Å²) >= 11 is 3.40. The van der Waals surface area contributed by atoms with Crippen molar-refractivity contribution in [3.05, 3.63) is 34.6 Å². The van der Waals surface area contributed by atoms with Gasteiger partial charge in [-0.2, -0.15) is 25.2 Å². The second-order valence-corrected chi connectivity index (χ2v) is 6.31. The van der Waals surface area contributed by atoms with E-state index in [1.807, 2.05) is 24.3 Å². The van der Waals surface area contributed by atoms with Crippen LogP contribution in [0.5, 0.6) is 6.01 Å². The van der Waals surface area contributed by atoms with Crippen LogP contribution in [0.25, 0.3) is 0 Å². The first-order valence-electron chi connectivity index (χ1n) is 7.35. The molecule has 1 atom stereocenters. The molecule has 0 spiro atoms.